The van der Waals surface area contributed by atoms with E-state index in [1.807, 2.05) is 24.3 Å². The third-order valence-corrected chi connectivity index (χ3v) is 6.04. The van der Waals surface area contributed by atoms with Crippen molar-refractivity contribution in [1.82, 2.24) is 4.90 Å². The van der Waals surface area contributed by atoms with Gasteiger partial charge in [0.15, 0.2) is 0 Å². The molecule has 1 N–H and O–H groups in total. The predicted molar refractivity (Wildman–Crippen MR) is 125 cm³/mol. The second-order valence-electron chi connectivity index (χ2n) is 7.24. The van der Waals surface area contributed by atoms with Crippen molar-refractivity contribution in [3.05, 3.63) is 81.5 Å². The number of hydrogen-bond donors (Lipinski definition) is 1. The van der Waals surface area contributed by atoms with Crippen molar-refractivity contribution in [3.8, 4) is 5.75 Å². The lowest BCUT2D eigenvalue weighted by molar-refractivity contribution is -0.117. The number of carbonyl (C=O) groups is 1. The van der Waals surface area contributed by atoms with E-state index in [4.69, 9.17) is 4.74 Å². The number of methoxy groups -OCH3 is 1. The first kappa shape index (κ1) is 22.1. The van der Waals surface area contributed by atoms with Gasteiger partial charge in [0.05, 0.1) is 13.7 Å². The smallest absolute Gasteiger partial charge is 0.238 e. The third kappa shape index (κ3) is 5.71. The molecule has 0 unspecified atom stereocenters. The van der Waals surface area contributed by atoms with Crippen molar-refractivity contribution in [2.24, 2.45) is 0 Å². The number of aryl methyl sites for hydroxylation is 2. The lowest BCUT2D eigenvalue weighted by atomic mass is 10.0. The molecule has 0 bridgehead atoms. The Labute approximate surface area is 183 Å². The van der Waals surface area contributed by atoms with E-state index in [1.165, 1.54) is 16.0 Å². The lowest BCUT2D eigenvalue weighted by Crippen LogP contribution is -2.33. The molecule has 0 atom stereocenters. The minimum Gasteiger partial charge on any atom is -0.496 e. The Morgan fingerprint density at radius 2 is 1.63 bits per heavy atom. The van der Waals surface area contributed by atoms with Crippen LogP contribution in [0.5, 0.6) is 5.75 Å². The summed E-state index contributed by atoms with van der Waals surface area (Å²) in [6.45, 7) is 5.92. The topological polar surface area (TPSA) is 41.6 Å². The van der Waals surface area contributed by atoms with Crippen LogP contribution in [0.25, 0.3) is 0 Å². The molecular weight excluding hydrogens is 392 g/mol. The summed E-state index contributed by atoms with van der Waals surface area (Å²) in [4.78, 5) is 16.5. The van der Waals surface area contributed by atoms with E-state index in [2.05, 4.69) is 59.8 Å². The van der Waals surface area contributed by atoms with Gasteiger partial charge in [-0.15, -0.1) is 11.3 Å². The quantitative estimate of drug-likeness (QED) is 0.468. The maximum Gasteiger partial charge on any atom is 0.238 e. The average Bonchev–Trinajstić information content (AvgIpc) is 3.27. The summed E-state index contributed by atoms with van der Waals surface area (Å²) in [5.41, 5.74) is 4.41. The molecule has 5 heteroatoms. The molecule has 1 aromatic heterocycles. The summed E-state index contributed by atoms with van der Waals surface area (Å²) < 4.78 is 5.52. The highest BCUT2D eigenvalue weighted by Crippen LogP contribution is 2.24. The number of thiophene rings is 1. The Balaban J connectivity index is 1.78. The van der Waals surface area contributed by atoms with E-state index < -0.39 is 0 Å². The van der Waals surface area contributed by atoms with Crippen LogP contribution in [0.15, 0.2) is 60.0 Å². The summed E-state index contributed by atoms with van der Waals surface area (Å²) in [5.74, 6) is 0.857. The van der Waals surface area contributed by atoms with Gasteiger partial charge in [0.1, 0.15) is 5.75 Å². The second kappa shape index (κ2) is 11.0. The number of nitrogens with zero attached hydrogens (tertiary/aromatic N) is 1. The van der Waals surface area contributed by atoms with Crippen LogP contribution in [0.2, 0.25) is 0 Å². The van der Waals surface area contributed by atoms with Crippen LogP contribution in [0.1, 0.15) is 35.4 Å². The van der Waals surface area contributed by atoms with Crippen LogP contribution >= 0.6 is 11.3 Å². The van der Waals surface area contributed by atoms with Crippen molar-refractivity contribution in [1.29, 1.82) is 0 Å². The molecule has 0 aliphatic carbocycles. The SMILES string of the molecule is CCc1cccc(CC)c1NC(=O)CN(Cc1cccs1)Cc1ccccc1OC. The van der Waals surface area contributed by atoms with Gasteiger partial charge in [0.2, 0.25) is 5.91 Å². The van der Waals surface area contributed by atoms with Crippen LogP contribution in [0, 0.1) is 0 Å². The monoisotopic (exact) mass is 422 g/mol. The second-order valence-corrected chi connectivity index (χ2v) is 8.28. The molecule has 158 valence electrons. The molecule has 4 nitrogen and oxygen atoms in total. The van der Waals surface area contributed by atoms with Gasteiger partial charge in [-0.1, -0.05) is 56.3 Å². The fourth-order valence-corrected chi connectivity index (χ4v) is 4.40. The number of hydrogen-bond acceptors (Lipinski definition) is 4. The standard InChI is InChI=1S/C25H30N2O2S/c1-4-19-11-8-12-20(5-2)25(19)26-24(28)18-27(17-22-13-9-15-30-22)16-21-10-6-7-14-23(21)29-3/h6-15H,4-5,16-18H2,1-3H3,(H,26,28). The Morgan fingerprint density at radius 3 is 2.27 bits per heavy atom. The van der Waals surface area contributed by atoms with Gasteiger partial charge in [-0.2, -0.15) is 0 Å². The Morgan fingerprint density at radius 1 is 0.933 bits per heavy atom. The molecule has 3 aromatic rings. The van der Waals surface area contributed by atoms with E-state index in [9.17, 15) is 4.79 Å². The first-order valence-corrected chi connectivity index (χ1v) is 11.3. The van der Waals surface area contributed by atoms with Crippen molar-refractivity contribution in [3.63, 3.8) is 0 Å². The van der Waals surface area contributed by atoms with E-state index in [0.29, 0.717) is 13.1 Å². The van der Waals surface area contributed by atoms with Gasteiger partial charge in [-0.05, 0) is 41.5 Å². The molecular formula is C25H30N2O2S. The minimum atomic E-state index is 0.0112. The molecule has 0 radical (unpaired) electrons. The number of rotatable bonds is 10. The van der Waals surface area contributed by atoms with Crippen LogP contribution in [0.3, 0.4) is 0 Å². The van der Waals surface area contributed by atoms with E-state index in [0.717, 1.165) is 36.4 Å². The third-order valence-electron chi connectivity index (χ3n) is 5.18. The largest absolute Gasteiger partial charge is 0.496 e. The Hall–Kier alpha value is -2.63. The summed E-state index contributed by atoms with van der Waals surface area (Å²) in [6.07, 6.45) is 1.78. The first-order chi connectivity index (χ1) is 14.6. The van der Waals surface area contributed by atoms with Crippen molar-refractivity contribution < 1.29 is 9.53 Å². The molecule has 1 heterocycles. The lowest BCUT2D eigenvalue weighted by Gasteiger charge is -2.23. The molecule has 2 aromatic carbocycles. The first-order valence-electron chi connectivity index (χ1n) is 10.4. The van der Waals surface area contributed by atoms with E-state index in [1.54, 1.807) is 18.4 Å². The molecule has 0 saturated heterocycles. The Kier molecular flexibility index (Phi) is 8.05. The van der Waals surface area contributed by atoms with Gasteiger partial charge in [0, 0.05) is 29.2 Å². The molecule has 3 rings (SSSR count). The number of carbonyl (C=O) groups excluding carboxylic acids is 1. The highest BCUT2D eigenvalue weighted by molar-refractivity contribution is 7.09. The maximum absolute atomic E-state index is 13.1. The molecule has 0 fully saturated rings. The van der Waals surface area contributed by atoms with E-state index >= 15 is 0 Å². The highest BCUT2D eigenvalue weighted by atomic mass is 32.1. The number of anilines is 1. The van der Waals surface area contributed by atoms with Crippen LogP contribution in [0.4, 0.5) is 5.69 Å². The highest BCUT2D eigenvalue weighted by Gasteiger charge is 2.17. The fraction of sp³-hybridized carbons (Fsp3) is 0.320. The molecule has 30 heavy (non-hydrogen) atoms. The molecule has 0 aliphatic rings. The Bertz CT molecular complexity index is 931. The zero-order chi connectivity index (χ0) is 21.3. The van der Waals surface area contributed by atoms with Crippen molar-refractivity contribution >= 4 is 22.9 Å². The van der Waals surface area contributed by atoms with Crippen molar-refractivity contribution in [2.75, 3.05) is 19.0 Å². The summed E-state index contributed by atoms with van der Waals surface area (Å²) in [5, 5.41) is 5.27. The van der Waals surface area contributed by atoms with Crippen LogP contribution in [-0.4, -0.2) is 24.5 Å². The number of ether oxygens (including phenoxy) is 1. The van der Waals surface area contributed by atoms with Gasteiger partial charge in [-0.3, -0.25) is 9.69 Å². The van der Waals surface area contributed by atoms with Gasteiger partial charge in [-0.25, -0.2) is 0 Å². The van der Waals surface area contributed by atoms with Crippen LogP contribution < -0.4 is 10.1 Å². The average molecular weight is 423 g/mol. The summed E-state index contributed by atoms with van der Waals surface area (Å²) in [7, 11) is 1.68. The summed E-state index contributed by atoms with van der Waals surface area (Å²) >= 11 is 1.71. The molecule has 0 aliphatic heterocycles. The number of nitrogens with one attached hydrogen (secondary N) is 1. The zero-order valence-electron chi connectivity index (χ0n) is 18.0. The summed E-state index contributed by atoms with van der Waals surface area (Å²) in [6, 6.07) is 18.4. The van der Waals surface area contributed by atoms with E-state index in [-0.39, 0.29) is 5.91 Å². The molecule has 1 amide bonds. The molecule has 0 spiro atoms. The van der Waals surface area contributed by atoms with Crippen LogP contribution in [-0.2, 0) is 30.7 Å². The number of benzene rings is 2. The van der Waals surface area contributed by atoms with Gasteiger partial charge in [0.25, 0.3) is 0 Å². The number of para-hydroxylation sites is 2. The number of amides is 1. The molecule has 0 saturated carbocycles. The fourth-order valence-electron chi connectivity index (χ4n) is 3.65. The normalized spacial score (nSPS) is 10.9. The zero-order valence-corrected chi connectivity index (χ0v) is 18.8. The maximum atomic E-state index is 13.1. The minimum absolute atomic E-state index is 0.0112. The van der Waals surface area contributed by atoms with Crippen molar-refractivity contribution in [2.45, 2.75) is 39.8 Å². The van der Waals surface area contributed by atoms with Gasteiger partial charge < -0.3 is 10.1 Å². The predicted octanol–water partition coefficient (Wildman–Crippen LogP) is 5.52. The van der Waals surface area contributed by atoms with Gasteiger partial charge >= 0.3 is 0 Å².